The smallest absolute Gasteiger partial charge is 0.408 e. The van der Waals surface area contributed by atoms with Crippen LogP contribution >= 0.6 is 0 Å². The molecule has 2 saturated carbocycles. The first-order valence-electron chi connectivity index (χ1n) is 18.4. The molecular formula is C41H51NO13. The molecule has 55 heavy (non-hydrogen) atoms. The highest BCUT2D eigenvalue weighted by Crippen LogP contribution is 2.63. The summed E-state index contributed by atoms with van der Waals surface area (Å²) in [5.41, 5.74) is -8.10. The number of alkyl carbamates (subject to hydrolysis) is 1. The fourth-order valence-corrected chi connectivity index (χ4v) is 9.16. The molecule has 1 saturated heterocycles. The fourth-order valence-electron chi connectivity index (χ4n) is 9.16. The van der Waals surface area contributed by atoms with Crippen molar-refractivity contribution < 1.29 is 63.7 Å². The van der Waals surface area contributed by atoms with Gasteiger partial charge >= 0.3 is 18.0 Å². The second kappa shape index (κ2) is 14.1. The summed E-state index contributed by atoms with van der Waals surface area (Å²) in [6.07, 6.45) is -11.3. The Kier molecular flexibility index (Phi) is 10.4. The number of nitrogens with one attached hydrogen (secondary N) is 1. The molecular weight excluding hydrogens is 714 g/mol. The van der Waals surface area contributed by atoms with E-state index in [1.54, 1.807) is 83.1 Å². The lowest BCUT2D eigenvalue weighted by Crippen LogP contribution is -2.81. The minimum Gasteiger partial charge on any atom is -0.456 e. The van der Waals surface area contributed by atoms with E-state index in [0.29, 0.717) is 5.56 Å². The second-order valence-electron chi connectivity index (χ2n) is 17.0. The van der Waals surface area contributed by atoms with Crippen molar-refractivity contribution >= 4 is 23.8 Å². The Hall–Kier alpha value is -4.18. The Morgan fingerprint density at radius 3 is 2.11 bits per heavy atom. The van der Waals surface area contributed by atoms with Crippen molar-refractivity contribution in [3.8, 4) is 0 Å². The van der Waals surface area contributed by atoms with Gasteiger partial charge in [-0.3, -0.25) is 4.79 Å². The van der Waals surface area contributed by atoms with E-state index in [-0.39, 0.29) is 29.7 Å². The van der Waals surface area contributed by atoms with Crippen molar-refractivity contribution in [2.75, 3.05) is 6.61 Å². The molecule has 3 aliphatic carbocycles. The Labute approximate surface area is 319 Å². The number of aliphatic hydroxyl groups is 5. The number of esters is 2. The number of amides is 1. The van der Waals surface area contributed by atoms with Gasteiger partial charge in [-0.1, -0.05) is 62.4 Å². The SMILES string of the molecule is CC1=C2[C@@H](O)C(=O)[C@@]3(C)C([C@H](OC(=O)c4ccccc4)[C@](O)(C[C@@H]1OC(=O)[C@H](O)[C@@H](NC(=O)OC(C)(C)C)c1ccccc1)C2(C)C)[C@]1(O)COC1C[C@@H]3O. The van der Waals surface area contributed by atoms with Gasteiger partial charge in [-0.2, -0.15) is 0 Å². The third kappa shape index (κ3) is 6.66. The topological polar surface area (TPSA) is 218 Å². The lowest BCUT2D eigenvalue weighted by molar-refractivity contribution is -0.343. The number of rotatable bonds is 7. The van der Waals surface area contributed by atoms with Gasteiger partial charge < -0.3 is 49.8 Å². The van der Waals surface area contributed by atoms with Gasteiger partial charge in [0.05, 0.1) is 35.8 Å². The van der Waals surface area contributed by atoms with E-state index in [0.717, 1.165) is 0 Å². The Bertz CT molecular complexity index is 1860. The number of carbonyl (C=O) groups excluding carboxylic acids is 4. The maximum absolute atomic E-state index is 14.7. The Balaban J connectivity index is 1.45. The molecule has 1 aliphatic heterocycles. The normalized spacial score (nSPS) is 35.0. The van der Waals surface area contributed by atoms with Crippen LogP contribution in [0.2, 0.25) is 0 Å². The number of hydrogen-bond donors (Lipinski definition) is 6. The van der Waals surface area contributed by atoms with E-state index < -0.39 is 106 Å². The number of Topliss-reactive ketones (excluding diaryl/α,β-unsaturated/α-hetero) is 1. The largest absolute Gasteiger partial charge is 0.456 e. The molecule has 2 aromatic carbocycles. The van der Waals surface area contributed by atoms with Crippen LogP contribution < -0.4 is 5.32 Å². The van der Waals surface area contributed by atoms with Crippen LogP contribution in [0.15, 0.2) is 71.8 Å². The number of ether oxygens (including phenoxy) is 4. The summed E-state index contributed by atoms with van der Waals surface area (Å²) in [7, 11) is 0. The van der Waals surface area contributed by atoms with Gasteiger partial charge in [-0.05, 0) is 63.5 Å². The summed E-state index contributed by atoms with van der Waals surface area (Å²) >= 11 is 0. The van der Waals surface area contributed by atoms with E-state index in [2.05, 4.69) is 5.32 Å². The second-order valence-corrected chi connectivity index (χ2v) is 17.0. The van der Waals surface area contributed by atoms with Gasteiger partial charge in [0.15, 0.2) is 11.9 Å². The molecule has 1 amide bonds. The highest BCUT2D eigenvalue weighted by Gasteiger charge is 2.76. The average molecular weight is 766 g/mol. The van der Waals surface area contributed by atoms with E-state index in [1.807, 2.05) is 0 Å². The third-order valence-corrected chi connectivity index (χ3v) is 12.3. The summed E-state index contributed by atoms with van der Waals surface area (Å²) in [6, 6.07) is 14.7. The van der Waals surface area contributed by atoms with Crippen LogP contribution in [0.1, 0.15) is 83.3 Å². The number of benzene rings is 2. The lowest BCUT2D eigenvalue weighted by atomic mass is 9.44. The standard InChI is InChI=1S/C41H51NO13/c1-21-24(53-35(48)30(45)28(22-14-10-8-11-15-22)42-36(49)55-37(2,3)4)19-41(51)33(54-34(47)23-16-12-9-13-17-23)31-39(7,25(43)18-26-40(31,50)20-52-26)32(46)29(44)27(21)38(41,5)6/h8-17,24-26,28-31,33,43-45,50-51H,18-20H2,1-7H3,(H,42,49)/t24-,25-,26?,28-,29+,30+,31?,33-,39+,40-,41+/m0/s1. The zero-order valence-electron chi connectivity index (χ0n) is 32.0. The quantitative estimate of drug-likeness (QED) is 0.136. The highest BCUT2D eigenvalue weighted by molar-refractivity contribution is 5.94. The minimum atomic E-state index is -2.31. The van der Waals surface area contributed by atoms with Crippen LogP contribution in [0, 0.1) is 16.7 Å². The van der Waals surface area contributed by atoms with Crippen molar-refractivity contribution in [3.05, 3.63) is 82.9 Å². The first kappa shape index (κ1) is 40.5. The summed E-state index contributed by atoms with van der Waals surface area (Å²) in [4.78, 5) is 55.5. The zero-order chi connectivity index (χ0) is 40.5. The monoisotopic (exact) mass is 765 g/mol. The van der Waals surface area contributed by atoms with Crippen LogP contribution in [0.25, 0.3) is 0 Å². The minimum absolute atomic E-state index is 0.0448. The van der Waals surface area contributed by atoms with E-state index in [4.69, 9.17) is 18.9 Å². The zero-order valence-corrected chi connectivity index (χ0v) is 32.0. The number of fused-ring (bicyclic) bond motifs is 5. The summed E-state index contributed by atoms with van der Waals surface area (Å²) in [5, 5.41) is 63.2. The Morgan fingerprint density at radius 1 is 0.945 bits per heavy atom. The van der Waals surface area contributed by atoms with Gasteiger partial charge in [0.2, 0.25) is 0 Å². The van der Waals surface area contributed by atoms with Crippen molar-refractivity contribution in [2.45, 2.75) is 121 Å². The lowest BCUT2D eigenvalue weighted by Gasteiger charge is -2.66. The van der Waals surface area contributed by atoms with Crippen LogP contribution in [0.5, 0.6) is 0 Å². The van der Waals surface area contributed by atoms with Gasteiger partial charge in [0.25, 0.3) is 0 Å². The van der Waals surface area contributed by atoms with Crippen LogP contribution in [-0.4, -0.2) is 109 Å². The molecule has 14 heteroatoms. The molecule has 11 atom stereocenters. The molecule has 4 aliphatic rings. The van der Waals surface area contributed by atoms with Crippen molar-refractivity contribution in [2.24, 2.45) is 16.7 Å². The van der Waals surface area contributed by atoms with Crippen molar-refractivity contribution in [1.29, 1.82) is 0 Å². The molecule has 0 aromatic heterocycles. The predicted octanol–water partition coefficient (Wildman–Crippen LogP) is 2.69. The van der Waals surface area contributed by atoms with Crippen LogP contribution in [0.4, 0.5) is 4.79 Å². The number of aliphatic hydroxyl groups excluding tert-OH is 3. The van der Waals surface area contributed by atoms with Gasteiger partial charge in [-0.25, -0.2) is 14.4 Å². The van der Waals surface area contributed by atoms with Crippen molar-refractivity contribution in [1.82, 2.24) is 5.32 Å². The summed E-state index contributed by atoms with van der Waals surface area (Å²) < 4.78 is 23.2. The van der Waals surface area contributed by atoms with Gasteiger partial charge in [-0.15, -0.1) is 0 Å². The maximum atomic E-state index is 14.7. The summed E-state index contributed by atoms with van der Waals surface area (Å²) in [5.74, 6) is -4.55. The first-order chi connectivity index (χ1) is 25.6. The third-order valence-electron chi connectivity index (χ3n) is 12.3. The molecule has 1 heterocycles. The first-order valence-corrected chi connectivity index (χ1v) is 18.4. The van der Waals surface area contributed by atoms with E-state index in [1.165, 1.54) is 26.0 Å². The average Bonchev–Trinajstić information content (AvgIpc) is 3.12. The predicted molar refractivity (Wildman–Crippen MR) is 194 cm³/mol. The molecule has 298 valence electrons. The molecule has 2 aromatic rings. The molecule has 6 rings (SSSR count). The number of carbonyl (C=O) groups is 4. The molecule has 3 fully saturated rings. The fraction of sp³-hybridized carbons (Fsp3) is 0.561. The number of ketones is 1. The summed E-state index contributed by atoms with van der Waals surface area (Å²) in [6.45, 7) is 10.6. The maximum Gasteiger partial charge on any atom is 0.408 e. The van der Waals surface area contributed by atoms with E-state index >= 15 is 0 Å². The number of hydrogen-bond acceptors (Lipinski definition) is 13. The highest BCUT2D eigenvalue weighted by atomic mass is 16.6. The molecule has 6 N–H and O–H groups in total. The van der Waals surface area contributed by atoms with E-state index in [9.17, 15) is 44.7 Å². The Morgan fingerprint density at radius 2 is 1.55 bits per heavy atom. The van der Waals surface area contributed by atoms with Crippen LogP contribution in [0.3, 0.4) is 0 Å². The molecule has 2 bridgehead atoms. The molecule has 2 unspecified atom stereocenters. The van der Waals surface area contributed by atoms with Gasteiger partial charge in [0, 0.05) is 24.2 Å². The van der Waals surface area contributed by atoms with Crippen molar-refractivity contribution in [3.63, 3.8) is 0 Å². The van der Waals surface area contributed by atoms with Gasteiger partial charge in [0.1, 0.15) is 35.1 Å². The molecule has 0 radical (unpaired) electrons. The molecule has 0 spiro atoms. The van der Waals surface area contributed by atoms with Crippen LogP contribution in [-0.2, 0) is 28.5 Å². The molecule has 14 nitrogen and oxygen atoms in total.